The molecule has 8 heteroatoms. The predicted octanol–water partition coefficient (Wildman–Crippen LogP) is 2.68. The van der Waals surface area contributed by atoms with E-state index in [0.717, 1.165) is 5.69 Å². The van der Waals surface area contributed by atoms with Crippen molar-refractivity contribution in [3.8, 4) is 0 Å². The average molecular weight is 381 g/mol. The first-order valence-corrected chi connectivity index (χ1v) is 8.81. The summed E-state index contributed by atoms with van der Waals surface area (Å²) >= 11 is 5.19. The number of carbonyl (C=O) groups excluding carboxylic acids is 1. The molecule has 0 aliphatic heterocycles. The molecule has 2 aromatic carbocycles. The Kier molecular flexibility index (Phi) is 5.46. The second kappa shape index (κ2) is 7.96. The third-order valence-electron chi connectivity index (χ3n) is 4.04. The van der Waals surface area contributed by atoms with Crippen molar-refractivity contribution in [3.05, 3.63) is 70.1 Å². The smallest absolute Gasteiger partial charge is 0.290 e. The minimum absolute atomic E-state index is 0.0989. The van der Waals surface area contributed by atoms with Crippen LogP contribution in [0.25, 0.3) is 10.8 Å². The summed E-state index contributed by atoms with van der Waals surface area (Å²) < 4.78 is 0. The molecule has 0 radical (unpaired) electrons. The van der Waals surface area contributed by atoms with E-state index in [-0.39, 0.29) is 16.4 Å². The Morgan fingerprint density at radius 1 is 1.04 bits per heavy atom. The molecule has 0 saturated carbocycles. The largest absolute Gasteiger partial charge is 0.331 e. The second-order valence-electron chi connectivity index (χ2n) is 6.26. The third-order valence-corrected chi connectivity index (χ3v) is 4.24. The van der Waals surface area contributed by atoms with E-state index in [4.69, 9.17) is 12.2 Å². The molecule has 3 rings (SSSR count). The van der Waals surface area contributed by atoms with Crippen molar-refractivity contribution in [3.63, 3.8) is 0 Å². The molecule has 27 heavy (non-hydrogen) atoms. The van der Waals surface area contributed by atoms with Crippen LogP contribution in [0.15, 0.2) is 53.3 Å². The van der Waals surface area contributed by atoms with E-state index in [1.165, 1.54) is 5.56 Å². The van der Waals surface area contributed by atoms with Crippen molar-refractivity contribution in [1.29, 1.82) is 0 Å². The van der Waals surface area contributed by atoms with Crippen molar-refractivity contribution < 1.29 is 4.79 Å². The van der Waals surface area contributed by atoms with E-state index in [1.54, 1.807) is 24.3 Å². The SMILES string of the molecule is CC(C)c1ccc(NC(=S)NNC(=O)c2n[nH]c(=O)c3ccccc23)cc1. The molecule has 0 aliphatic rings. The summed E-state index contributed by atoms with van der Waals surface area (Å²) in [4.78, 5) is 24.2. The Balaban J connectivity index is 1.65. The lowest BCUT2D eigenvalue weighted by atomic mass is 10.0. The van der Waals surface area contributed by atoms with Gasteiger partial charge in [0.1, 0.15) is 0 Å². The van der Waals surface area contributed by atoms with Crippen molar-refractivity contribution in [2.24, 2.45) is 0 Å². The van der Waals surface area contributed by atoms with Crippen molar-refractivity contribution in [2.45, 2.75) is 19.8 Å². The Bertz CT molecular complexity index is 1040. The molecule has 0 bridgehead atoms. The third kappa shape index (κ3) is 4.29. The number of hydrogen-bond donors (Lipinski definition) is 4. The number of H-pyrrole nitrogens is 1. The van der Waals surface area contributed by atoms with Gasteiger partial charge in [-0.3, -0.25) is 20.4 Å². The molecule has 4 N–H and O–H groups in total. The summed E-state index contributed by atoms with van der Waals surface area (Å²) in [5, 5.41) is 10.2. The van der Waals surface area contributed by atoms with Gasteiger partial charge in [-0.05, 0) is 41.9 Å². The van der Waals surface area contributed by atoms with Crippen molar-refractivity contribution in [1.82, 2.24) is 21.0 Å². The molecule has 0 fully saturated rings. The summed E-state index contributed by atoms with van der Waals surface area (Å²) in [6, 6.07) is 14.6. The van der Waals surface area contributed by atoms with Gasteiger partial charge in [-0.2, -0.15) is 5.10 Å². The minimum atomic E-state index is -0.512. The number of rotatable bonds is 3. The van der Waals surface area contributed by atoms with Crippen molar-refractivity contribution in [2.75, 3.05) is 5.32 Å². The van der Waals surface area contributed by atoms with Crippen LogP contribution in [-0.4, -0.2) is 21.2 Å². The molecule has 0 atom stereocenters. The number of amides is 1. The lowest BCUT2D eigenvalue weighted by molar-refractivity contribution is 0.0940. The molecular weight excluding hydrogens is 362 g/mol. The molecule has 1 heterocycles. The molecule has 0 saturated heterocycles. The van der Waals surface area contributed by atoms with Gasteiger partial charge in [-0.15, -0.1) is 0 Å². The molecule has 7 nitrogen and oxygen atoms in total. The first kappa shape index (κ1) is 18.5. The van der Waals surface area contributed by atoms with Crippen LogP contribution in [0.1, 0.15) is 35.8 Å². The van der Waals surface area contributed by atoms with Gasteiger partial charge >= 0.3 is 0 Å². The number of hydrazine groups is 1. The monoisotopic (exact) mass is 381 g/mol. The Morgan fingerprint density at radius 2 is 1.70 bits per heavy atom. The van der Waals surface area contributed by atoms with Gasteiger partial charge in [-0.1, -0.05) is 44.2 Å². The molecule has 0 aliphatic carbocycles. The first-order valence-electron chi connectivity index (χ1n) is 8.40. The lowest BCUT2D eigenvalue weighted by Gasteiger charge is -2.13. The highest BCUT2D eigenvalue weighted by molar-refractivity contribution is 7.80. The van der Waals surface area contributed by atoms with Crippen LogP contribution < -0.4 is 21.7 Å². The second-order valence-corrected chi connectivity index (χ2v) is 6.67. The van der Waals surface area contributed by atoms with Crippen LogP contribution >= 0.6 is 12.2 Å². The summed E-state index contributed by atoms with van der Waals surface area (Å²) in [7, 11) is 0. The molecule has 0 unspecified atom stereocenters. The zero-order chi connectivity index (χ0) is 19.4. The number of benzene rings is 2. The standard InChI is InChI=1S/C19H19N5O2S/c1-11(2)12-7-9-13(10-8-12)20-19(27)24-23-18(26)16-14-5-3-4-6-15(14)17(25)22-21-16/h3-11H,1-2H3,(H,22,25)(H,23,26)(H2,20,24,27). The maximum Gasteiger partial charge on any atom is 0.290 e. The lowest BCUT2D eigenvalue weighted by Crippen LogP contribution is -2.44. The summed E-state index contributed by atoms with van der Waals surface area (Å²) in [5.74, 6) is -0.0650. The fourth-order valence-corrected chi connectivity index (χ4v) is 2.74. The van der Waals surface area contributed by atoms with Gasteiger partial charge in [0.25, 0.3) is 11.5 Å². The molecule has 1 amide bonds. The fourth-order valence-electron chi connectivity index (χ4n) is 2.57. The summed E-state index contributed by atoms with van der Waals surface area (Å²) in [6.07, 6.45) is 0. The van der Waals surface area contributed by atoms with Crippen LogP contribution in [-0.2, 0) is 0 Å². The van der Waals surface area contributed by atoms with E-state index in [2.05, 4.69) is 40.2 Å². The van der Waals surface area contributed by atoms with Gasteiger partial charge in [0.05, 0.1) is 5.39 Å². The number of anilines is 1. The molecule has 0 spiro atoms. The van der Waals surface area contributed by atoms with Crippen LogP contribution in [0.4, 0.5) is 5.69 Å². The minimum Gasteiger partial charge on any atom is -0.331 e. The van der Waals surface area contributed by atoms with Gasteiger partial charge in [-0.25, -0.2) is 5.10 Å². The van der Waals surface area contributed by atoms with Gasteiger partial charge < -0.3 is 5.32 Å². The fraction of sp³-hybridized carbons (Fsp3) is 0.158. The summed E-state index contributed by atoms with van der Waals surface area (Å²) in [6.45, 7) is 4.25. The van der Waals surface area contributed by atoms with Crippen molar-refractivity contribution >= 4 is 39.7 Å². The van der Waals surface area contributed by atoms with Crippen LogP contribution in [0.5, 0.6) is 0 Å². The maximum absolute atomic E-state index is 12.4. The Hall–Kier alpha value is -3.26. The first-order chi connectivity index (χ1) is 13.0. The normalized spacial score (nSPS) is 10.6. The predicted molar refractivity (Wildman–Crippen MR) is 110 cm³/mol. The maximum atomic E-state index is 12.4. The van der Waals surface area contributed by atoms with E-state index >= 15 is 0 Å². The zero-order valence-corrected chi connectivity index (χ0v) is 15.7. The molecular formula is C19H19N5O2S. The number of hydrogen-bond acceptors (Lipinski definition) is 4. The van der Waals surface area contributed by atoms with Crippen LogP contribution in [0.2, 0.25) is 0 Å². The molecule has 3 aromatic rings. The quantitative estimate of drug-likeness (QED) is 0.411. The number of thiocarbonyl (C=S) groups is 1. The van der Waals surface area contributed by atoms with Crippen LogP contribution in [0, 0.1) is 0 Å². The van der Waals surface area contributed by atoms with Gasteiger partial charge in [0, 0.05) is 11.1 Å². The van der Waals surface area contributed by atoms with Gasteiger partial charge in [0.15, 0.2) is 10.8 Å². The number of nitrogens with one attached hydrogen (secondary N) is 4. The average Bonchev–Trinajstić information content (AvgIpc) is 2.67. The zero-order valence-electron chi connectivity index (χ0n) is 14.9. The number of aromatic nitrogens is 2. The summed E-state index contributed by atoms with van der Waals surface area (Å²) in [5.41, 5.74) is 6.90. The van der Waals surface area contributed by atoms with Crippen LogP contribution in [0.3, 0.4) is 0 Å². The Labute approximate surface area is 161 Å². The number of fused-ring (bicyclic) bond motifs is 1. The van der Waals surface area contributed by atoms with E-state index in [0.29, 0.717) is 16.7 Å². The highest BCUT2D eigenvalue weighted by Gasteiger charge is 2.14. The van der Waals surface area contributed by atoms with E-state index < -0.39 is 5.91 Å². The highest BCUT2D eigenvalue weighted by Crippen LogP contribution is 2.17. The van der Waals surface area contributed by atoms with Gasteiger partial charge in [0.2, 0.25) is 0 Å². The topological polar surface area (TPSA) is 98.9 Å². The van der Waals surface area contributed by atoms with E-state index in [9.17, 15) is 9.59 Å². The number of carbonyl (C=O) groups is 1. The van der Waals surface area contributed by atoms with E-state index in [1.807, 2.05) is 24.3 Å². The molecule has 1 aromatic heterocycles. The number of aromatic amines is 1. The highest BCUT2D eigenvalue weighted by atomic mass is 32.1. The Morgan fingerprint density at radius 3 is 2.37 bits per heavy atom. The molecule has 138 valence electrons. The number of nitrogens with zero attached hydrogens (tertiary/aromatic N) is 1.